The van der Waals surface area contributed by atoms with Gasteiger partial charge in [-0.3, -0.25) is 4.79 Å². The van der Waals surface area contributed by atoms with Gasteiger partial charge >= 0.3 is 0 Å². The van der Waals surface area contributed by atoms with E-state index in [9.17, 15) is 4.79 Å². The molecule has 21 heavy (non-hydrogen) atoms. The average Bonchev–Trinajstić information content (AvgIpc) is 2.48. The zero-order chi connectivity index (χ0) is 15.3. The molecule has 0 atom stereocenters. The van der Waals surface area contributed by atoms with E-state index in [4.69, 9.17) is 16.5 Å². The molecule has 0 aliphatic heterocycles. The Bertz CT molecular complexity index is 595. The average molecular weight is 318 g/mol. The number of benzene rings is 2. The zero-order valence-corrected chi connectivity index (χ0v) is 13.9. The van der Waals surface area contributed by atoms with Crippen molar-refractivity contribution < 1.29 is 9.53 Å². The summed E-state index contributed by atoms with van der Waals surface area (Å²) in [4.78, 5) is 10.7. The fraction of sp³-hybridized carbons (Fsp3) is 0.235. The second kappa shape index (κ2) is 6.55. The maximum atomic E-state index is 10.7. The molecule has 2 aromatic rings. The highest BCUT2D eigenvalue weighted by molar-refractivity contribution is 8.22. The summed E-state index contributed by atoms with van der Waals surface area (Å²) in [6.45, 7) is 4.33. The summed E-state index contributed by atoms with van der Waals surface area (Å²) in [6.07, 6.45) is 0.641. The Hall–Kier alpha value is -1.44. The Morgan fingerprint density at radius 1 is 1.00 bits per heavy atom. The Morgan fingerprint density at radius 3 is 1.81 bits per heavy atom. The van der Waals surface area contributed by atoms with Crippen molar-refractivity contribution in [2.75, 3.05) is 6.16 Å². The second-order valence-electron chi connectivity index (χ2n) is 5.54. The van der Waals surface area contributed by atoms with Crippen LogP contribution in [0.4, 0.5) is 0 Å². The molecule has 2 rings (SSSR count). The monoisotopic (exact) mass is 318 g/mol. The summed E-state index contributed by atoms with van der Waals surface area (Å²) in [6, 6.07) is 18.3. The fourth-order valence-corrected chi connectivity index (χ4v) is 7.15. The van der Waals surface area contributed by atoms with E-state index in [1.54, 1.807) is 0 Å². The van der Waals surface area contributed by atoms with E-state index in [1.807, 2.05) is 50.2 Å². The molecule has 110 valence electrons. The van der Waals surface area contributed by atoms with Gasteiger partial charge in [-0.15, -0.1) is 0 Å². The quantitative estimate of drug-likeness (QED) is 0.605. The normalized spacial score (nSPS) is 11.9. The molecule has 0 aliphatic carbocycles. The van der Waals surface area contributed by atoms with Crippen molar-refractivity contribution in [3.8, 4) is 0 Å². The molecular formula is C17H19O2PS. The largest absolute Gasteiger partial charge is 0.461 e. The van der Waals surface area contributed by atoms with Gasteiger partial charge in [0.15, 0.2) is 0 Å². The SMILES string of the molecule is CC(C)(CP(=S)(c1ccccc1)c1ccccc1)OC=O. The van der Waals surface area contributed by atoms with Crippen LogP contribution in [0.15, 0.2) is 60.7 Å². The Kier molecular flexibility index (Phi) is 4.97. The minimum absolute atomic E-state index is 0.510. The molecule has 0 fully saturated rings. The van der Waals surface area contributed by atoms with Gasteiger partial charge in [0.25, 0.3) is 6.47 Å². The summed E-state index contributed by atoms with van der Waals surface area (Å²) in [7, 11) is 0. The fourth-order valence-electron chi connectivity index (χ4n) is 2.37. The van der Waals surface area contributed by atoms with E-state index >= 15 is 0 Å². The topological polar surface area (TPSA) is 26.3 Å². The lowest BCUT2D eigenvalue weighted by atomic mass is 10.2. The number of hydrogen-bond acceptors (Lipinski definition) is 3. The van der Waals surface area contributed by atoms with E-state index in [0.29, 0.717) is 12.6 Å². The van der Waals surface area contributed by atoms with Gasteiger partial charge < -0.3 is 4.74 Å². The van der Waals surface area contributed by atoms with Crippen molar-refractivity contribution in [3.05, 3.63) is 60.7 Å². The molecule has 0 amide bonds. The van der Waals surface area contributed by atoms with Gasteiger partial charge in [-0.1, -0.05) is 72.5 Å². The first-order valence-corrected chi connectivity index (χ1v) is 9.78. The van der Waals surface area contributed by atoms with Crippen LogP contribution < -0.4 is 10.6 Å². The zero-order valence-electron chi connectivity index (χ0n) is 12.2. The lowest BCUT2D eigenvalue weighted by Crippen LogP contribution is -2.33. The third kappa shape index (κ3) is 3.81. The first-order valence-electron chi connectivity index (χ1n) is 6.80. The van der Waals surface area contributed by atoms with Crippen LogP contribution in [-0.4, -0.2) is 18.2 Å². The van der Waals surface area contributed by atoms with Gasteiger partial charge in [-0.25, -0.2) is 0 Å². The smallest absolute Gasteiger partial charge is 0.293 e. The third-order valence-corrected chi connectivity index (χ3v) is 8.44. The molecule has 0 N–H and O–H groups in total. The molecular weight excluding hydrogens is 299 g/mol. The van der Waals surface area contributed by atoms with Crippen molar-refractivity contribution in [2.45, 2.75) is 19.4 Å². The minimum atomic E-state index is -2.03. The molecule has 4 heteroatoms. The molecule has 0 aromatic heterocycles. The summed E-state index contributed by atoms with van der Waals surface area (Å²) < 4.78 is 5.25. The standard InChI is InChI=1S/C17H19O2PS/c1-17(2,19-14-18)13-20(21,15-9-5-3-6-10-15)16-11-7-4-8-12-16/h3-12,14H,13H2,1-2H3. The van der Waals surface area contributed by atoms with Crippen molar-refractivity contribution in [3.63, 3.8) is 0 Å². The Labute approximate surface area is 131 Å². The number of ether oxygens (including phenoxy) is 1. The maximum Gasteiger partial charge on any atom is 0.293 e. The predicted octanol–water partition coefficient (Wildman–Crippen LogP) is 3.07. The van der Waals surface area contributed by atoms with Crippen LogP contribution in [0.2, 0.25) is 0 Å². The lowest BCUT2D eigenvalue weighted by Gasteiger charge is -2.32. The summed E-state index contributed by atoms with van der Waals surface area (Å²) >= 11 is 6.11. The van der Waals surface area contributed by atoms with Gasteiger partial charge in [0.1, 0.15) is 5.60 Å². The second-order valence-corrected chi connectivity index (χ2v) is 10.2. The molecule has 0 heterocycles. The Balaban J connectivity index is 2.50. The third-order valence-electron chi connectivity index (χ3n) is 3.32. The van der Waals surface area contributed by atoms with Gasteiger partial charge in [-0.2, -0.15) is 0 Å². The highest BCUT2D eigenvalue weighted by Gasteiger charge is 2.32. The van der Waals surface area contributed by atoms with E-state index in [2.05, 4.69) is 24.3 Å². The summed E-state index contributed by atoms with van der Waals surface area (Å²) in [5, 5.41) is 2.29. The van der Waals surface area contributed by atoms with Gasteiger partial charge in [0.05, 0.1) is 0 Å². The van der Waals surface area contributed by atoms with Crippen LogP contribution >= 0.6 is 6.04 Å². The highest BCUT2D eigenvalue weighted by Crippen LogP contribution is 2.46. The molecule has 0 radical (unpaired) electrons. The van der Waals surface area contributed by atoms with Crippen LogP contribution in [0, 0.1) is 0 Å². The van der Waals surface area contributed by atoms with Crippen molar-refractivity contribution in [1.82, 2.24) is 0 Å². The van der Waals surface area contributed by atoms with Gasteiger partial charge in [-0.05, 0) is 24.5 Å². The van der Waals surface area contributed by atoms with Crippen LogP contribution in [0.1, 0.15) is 13.8 Å². The number of rotatable bonds is 6. The van der Waals surface area contributed by atoms with Crippen LogP contribution in [0.5, 0.6) is 0 Å². The highest BCUT2D eigenvalue weighted by atomic mass is 32.4. The molecule has 2 nitrogen and oxygen atoms in total. The molecule has 0 bridgehead atoms. The van der Waals surface area contributed by atoms with E-state index in [-0.39, 0.29) is 0 Å². The number of hydrogen-bond donors (Lipinski definition) is 0. The molecule has 0 unspecified atom stereocenters. The molecule has 0 saturated heterocycles. The van der Waals surface area contributed by atoms with Gasteiger partial charge in [0, 0.05) is 12.2 Å². The van der Waals surface area contributed by atoms with E-state index in [0.717, 1.165) is 10.6 Å². The van der Waals surface area contributed by atoms with Crippen molar-refractivity contribution >= 4 is 34.9 Å². The number of carbonyl (C=O) groups excluding carboxylic acids is 1. The summed E-state index contributed by atoms with van der Waals surface area (Å²) in [5.74, 6) is 0. The first-order chi connectivity index (χ1) is 9.98. The summed E-state index contributed by atoms with van der Waals surface area (Å²) in [5.41, 5.74) is -0.580. The van der Waals surface area contributed by atoms with Crippen molar-refractivity contribution in [2.24, 2.45) is 0 Å². The van der Waals surface area contributed by atoms with E-state index in [1.165, 1.54) is 0 Å². The lowest BCUT2D eigenvalue weighted by molar-refractivity contribution is -0.138. The maximum absolute atomic E-state index is 10.7. The van der Waals surface area contributed by atoms with Crippen molar-refractivity contribution in [1.29, 1.82) is 0 Å². The first kappa shape index (κ1) is 15.9. The van der Waals surface area contributed by atoms with Crippen LogP contribution in [-0.2, 0) is 21.3 Å². The van der Waals surface area contributed by atoms with Crippen LogP contribution in [0.3, 0.4) is 0 Å². The predicted molar refractivity (Wildman–Crippen MR) is 92.5 cm³/mol. The number of carbonyl (C=O) groups is 1. The van der Waals surface area contributed by atoms with E-state index < -0.39 is 11.6 Å². The molecule has 0 aliphatic rings. The minimum Gasteiger partial charge on any atom is -0.461 e. The van der Waals surface area contributed by atoms with Crippen LogP contribution in [0.25, 0.3) is 0 Å². The molecule has 0 saturated carbocycles. The molecule has 0 spiro atoms. The van der Waals surface area contributed by atoms with Gasteiger partial charge in [0.2, 0.25) is 0 Å². The molecule has 2 aromatic carbocycles. The Morgan fingerprint density at radius 2 is 1.43 bits per heavy atom.